The molecule has 2 rings (SSSR count). The van der Waals surface area contributed by atoms with Crippen molar-refractivity contribution in [3.05, 3.63) is 28.4 Å². The molecule has 12 heteroatoms. The fourth-order valence-corrected chi connectivity index (χ4v) is 3.88. The highest BCUT2D eigenvalue weighted by Gasteiger charge is 2.20. The summed E-state index contributed by atoms with van der Waals surface area (Å²) in [6.07, 6.45) is 0.873. The number of nitrogens with zero attached hydrogens (tertiary/aromatic N) is 2. The molecule has 0 bridgehead atoms. The molecule has 0 radical (unpaired) electrons. The number of methoxy groups -OCH3 is 2. The molecular weight excluding hydrogens is 466 g/mol. The summed E-state index contributed by atoms with van der Waals surface area (Å²) in [6, 6.07) is 2.72. The molecular formula is C17H24BrN5O5S. The molecule has 5 N–H and O–H groups in total. The molecule has 0 spiro atoms. The smallest absolute Gasteiger partial charge is 0.242 e. The largest absolute Gasteiger partial charge is 0.495 e. The van der Waals surface area contributed by atoms with Crippen molar-refractivity contribution in [1.82, 2.24) is 9.97 Å². The Bertz CT molecular complexity index is 971. The second-order valence-corrected chi connectivity index (χ2v) is 8.68. The predicted molar refractivity (Wildman–Crippen MR) is 113 cm³/mol. The van der Waals surface area contributed by atoms with Crippen molar-refractivity contribution < 1.29 is 23.0 Å². The summed E-state index contributed by atoms with van der Waals surface area (Å²) in [7, 11) is -1.04. The van der Waals surface area contributed by atoms with Crippen molar-refractivity contribution >= 4 is 43.4 Å². The number of aliphatic hydroxyl groups is 1. The third-order valence-electron chi connectivity index (χ3n) is 4.00. The minimum atomic E-state index is -3.94. The Morgan fingerprint density at radius 2 is 2.03 bits per heavy atom. The number of sulfonamides is 1. The molecule has 0 saturated carbocycles. The van der Waals surface area contributed by atoms with Crippen molar-refractivity contribution in [2.24, 2.45) is 5.14 Å². The molecule has 1 heterocycles. The van der Waals surface area contributed by atoms with Crippen LogP contribution in [0.15, 0.2) is 27.7 Å². The van der Waals surface area contributed by atoms with Gasteiger partial charge < -0.3 is 25.2 Å². The first kappa shape index (κ1) is 23.3. The van der Waals surface area contributed by atoms with Gasteiger partial charge in [-0.15, -0.1) is 0 Å². The van der Waals surface area contributed by atoms with E-state index in [0.29, 0.717) is 21.5 Å². The van der Waals surface area contributed by atoms with Crippen LogP contribution in [0.3, 0.4) is 0 Å². The molecule has 0 unspecified atom stereocenters. The van der Waals surface area contributed by atoms with Gasteiger partial charge in [0.2, 0.25) is 16.0 Å². The summed E-state index contributed by atoms with van der Waals surface area (Å²) in [4.78, 5) is 8.52. The Hall–Kier alpha value is -1.99. The highest BCUT2D eigenvalue weighted by Crippen LogP contribution is 2.31. The van der Waals surface area contributed by atoms with Gasteiger partial charge in [-0.05, 0) is 41.4 Å². The molecule has 10 nitrogen and oxygen atoms in total. The van der Waals surface area contributed by atoms with Gasteiger partial charge in [-0.1, -0.05) is 0 Å². The van der Waals surface area contributed by atoms with E-state index in [2.05, 4.69) is 36.5 Å². The average Bonchev–Trinajstić information content (AvgIpc) is 2.62. The normalized spacial score (nSPS) is 13.6. The third kappa shape index (κ3) is 6.00. The molecule has 2 atom stereocenters. The Labute approximate surface area is 178 Å². The van der Waals surface area contributed by atoms with Crippen LogP contribution in [-0.2, 0) is 14.8 Å². The Morgan fingerprint density at radius 1 is 1.34 bits per heavy atom. The van der Waals surface area contributed by atoms with Crippen LogP contribution in [0.5, 0.6) is 5.75 Å². The number of hydrogen-bond acceptors (Lipinski definition) is 9. The van der Waals surface area contributed by atoms with Crippen LogP contribution < -0.4 is 20.5 Å². The van der Waals surface area contributed by atoms with E-state index in [1.807, 2.05) is 0 Å². The number of ether oxygens (including phenoxy) is 2. The van der Waals surface area contributed by atoms with E-state index in [4.69, 9.17) is 14.6 Å². The second kappa shape index (κ2) is 9.67. The lowest BCUT2D eigenvalue weighted by atomic mass is 10.2. The van der Waals surface area contributed by atoms with Crippen LogP contribution in [0, 0.1) is 6.92 Å². The number of anilines is 3. The predicted octanol–water partition coefficient (Wildman–Crippen LogP) is 1.75. The van der Waals surface area contributed by atoms with Crippen molar-refractivity contribution in [2.75, 3.05) is 31.5 Å². The first-order chi connectivity index (χ1) is 13.6. The van der Waals surface area contributed by atoms with Gasteiger partial charge in [-0.25, -0.2) is 18.5 Å². The van der Waals surface area contributed by atoms with E-state index in [9.17, 15) is 13.5 Å². The number of benzene rings is 1. The summed E-state index contributed by atoms with van der Waals surface area (Å²) >= 11 is 3.37. The first-order valence-corrected chi connectivity index (χ1v) is 10.8. The van der Waals surface area contributed by atoms with Gasteiger partial charge in [0.05, 0.1) is 30.3 Å². The number of halogens is 1. The molecule has 0 aliphatic heterocycles. The van der Waals surface area contributed by atoms with Gasteiger partial charge in [0, 0.05) is 25.1 Å². The number of aromatic nitrogens is 2. The van der Waals surface area contributed by atoms with Crippen molar-refractivity contribution in [2.45, 2.75) is 30.9 Å². The van der Waals surface area contributed by atoms with Gasteiger partial charge in [-0.2, -0.15) is 4.98 Å². The summed E-state index contributed by atoms with van der Waals surface area (Å²) in [5.74, 6) is 0.817. The maximum absolute atomic E-state index is 11.8. The zero-order valence-electron chi connectivity index (χ0n) is 16.4. The molecule has 2 aromatic rings. The molecule has 1 aromatic heterocycles. The lowest BCUT2D eigenvalue weighted by Gasteiger charge is -2.22. The standard InChI is InChI=1S/C17H24BrN5O5S/c1-9-5-11(6-14(28-4)15(9)29(19,25)26)21-17-20-7-12(18)16(23-17)22-13(8-27-3)10(2)24/h5-7,10,13,24H,8H2,1-4H3,(H2,19,25,26)(H2,20,21,22,23)/t10-,13-/m1/s1. The van der Waals surface area contributed by atoms with E-state index in [1.165, 1.54) is 13.2 Å². The average molecular weight is 490 g/mol. The Morgan fingerprint density at radius 3 is 2.59 bits per heavy atom. The van der Waals surface area contributed by atoms with Gasteiger partial charge in [0.25, 0.3) is 0 Å². The topological polar surface area (TPSA) is 149 Å². The van der Waals surface area contributed by atoms with Crippen LogP contribution in [-0.4, -0.2) is 56.5 Å². The van der Waals surface area contributed by atoms with Crippen molar-refractivity contribution in [3.8, 4) is 5.75 Å². The zero-order valence-corrected chi connectivity index (χ0v) is 18.8. The molecule has 1 aromatic carbocycles. The van der Waals surface area contributed by atoms with Crippen LogP contribution in [0.1, 0.15) is 12.5 Å². The van der Waals surface area contributed by atoms with Crippen molar-refractivity contribution in [1.29, 1.82) is 0 Å². The van der Waals surface area contributed by atoms with E-state index >= 15 is 0 Å². The number of primary sulfonamides is 1. The molecule has 29 heavy (non-hydrogen) atoms. The SMILES string of the molecule is COC[C@@H](Nc1nc(Nc2cc(C)c(S(N)(=O)=O)c(OC)c2)ncc1Br)[C@@H](C)O. The fourth-order valence-electron chi connectivity index (χ4n) is 2.64. The lowest BCUT2D eigenvalue weighted by molar-refractivity contribution is 0.106. The maximum Gasteiger partial charge on any atom is 0.242 e. The number of nitrogens with one attached hydrogen (secondary N) is 2. The Kier molecular flexibility index (Phi) is 7.77. The van der Waals surface area contributed by atoms with Gasteiger partial charge in [-0.3, -0.25) is 0 Å². The second-order valence-electron chi connectivity index (χ2n) is 6.33. The molecule has 160 valence electrons. The van der Waals surface area contributed by atoms with E-state index < -0.39 is 16.1 Å². The quantitative estimate of drug-likeness (QED) is 0.413. The van der Waals surface area contributed by atoms with Gasteiger partial charge in [0.1, 0.15) is 16.5 Å². The highest BCUT2D eigenvalue weighted by atomic mass is 79.9. The van der Waals surface area contributed by atoms with Crippen LogP contribution in [0.4, 0.5) is 17.5 Å². The van der Waals surface area contributed by atoms with Gasteiger partial charge >= 0.3 is 0 Å². The van der Waals surface area contributed by atoms with E-state index in [0.717, 1.165) is 0 Å². The van der Waals surface area contributed by atoms with Crippen LogP contribution in [0.25, 0.3) is 0 Å². The van der Waals surface area contributed by atoms with Crippen molar-refractivity contribution in [3.63, 3.8) is 0 Å². The number of rotatable bonds is 9. The molecule has 0 saturated heterocycles. The zero-order chi connectivity index (χ0) is 21.8. The first-order valence-electron chi connectivity index (χ1n) is 8.51. The fraction of sp³-hybridized carbons (Fsp3) is 0.412. The summed E-state index contributed by atoms with van der Waals surface area (Å²) in [6.45, 7) is 3.54. The summed E-state index contributed by atoms with van der Waals surface area (Å²) in [5, 5.41) is 21.3. The molecule has 0 aliphatic carbocycles. The number of hydrogen-bond donors (Lipinski definition) is 4. The molecule has 0 aliphatic rings. The number of aliphatic hydroxyl groups excluding tert-OH is 1. The summed E-state index contributed by atoms with van der Waals surface area (Å²) < 4.78 is 34.5. The highest BCUT2D eigenvalue weighted by molar-refractivity contribution is 9.10. The summed E-state index contributed by atoms with van der Waals surface area (Å²) in [5.41, 5.74) is 0.933. The molecule has 0 amide bonds. The van der Waals surface area contributed by atoms with Gasteiger partial charge in [0.15, 0.2) is 0 Å². The van der Waals surface area contributed by atoms with E-state index in [1.54, 1.807) is 33.2 Å². The van der Waals surface area contributed by atoms with Crippen LogP contribution >= 0.6 is 15.9 Å². The maximum atomic E-state index is 11.8. The third-order valence-corrected chi connectivity index (χ3v) is 5.67. The Balaban J connectivity index is 2.34. The molecule has 0 fully saturated rings. The minimum absolute atomic E-state index is 0.0797. The van der Waals surface area contributed by atoms with Crippen LogP contribution in [0.2, 0.25) is 0 Å². The lowest BCUT2D eigenvalue weighted by Crippen LogP contribution is -2.36. The number of nitrogens with two attached hydrogens (primary N) is 1. The minimum Gasteiger partial charge on any atom is -0.495 e. The van der Waals surface area contributed by atoms with E-state index in [-0.39, 0.29) is 29.2 Å². The monoisotopic (exact) mass is 489 g/mol. The number of aryl methyl sites for hydroxylation is 1.